The highest BCUT2D eigenvalue weighted by atomic mass is 127. The Hall–Kier alpha value is -0.0400. The molecule has 0 unspecified atom stereocenters. The van der Waals surface area contributed by atoms with Crippen LogP contribution in [0, 0.1) is 5.41 Å². The number of hydrogen-bond acceptors (Lipinski definition) is 2. The fraction of sp³-hybridized carbons (Fsp3) is 0.941. The molecule has 0 aromatic carbocycles. The minimum absolute atomic E-state index is 0. The van der Waals surface area contributed by atoms with Crippen molar-refractivity contribution < 1.29 is 0 Å². The van der Waals surface area contributed by atoms with Crippen molar-refractivity contribution >= 4 is 29.9 Å². The zero-order chi connectivity index (χ0) is 14.5. The lowest BCUT2D eigenvalue weighted by Gasteiger charge is -2.33. The summed E-state index contributed by atoms with van der Waals surface area (Å²) in [5, 5.41) is 3.59. The van der Waals surface area contributed by atoms with E-state index in [4.69, 9.17) is 0 Å². The molecule has 5 heteroatoms. The summed E-state index contributed by atoms with van der Waals surface area (Å²) in [6, 6.07) is 0. The molecule has 0 radical (unpaired) electrons. The van der Waals surface area contributed by atoms with Gasteiger partial charge in [0, 0.05) is 33.2 Å². The maximum absolute atomic E-state index is 4.53. The van der Waals surface area contributed by atoms with E-state index in [1.807, 2.05) is 7.05 Å². The molecule has 0 aromatic heterocycles. The van der Waals surface area contributed by atoms with Crippen LogP contribution in [0.4, 0.5) is 0 Å². The van der Waals surface area contributed by atoms with E-state index >= 15 is 0 Å². The van der Waals surface area contributed by atoms with E-state index in [-0.39, 0.29) is 24.0 Å². The first kappa shape index (κ1) is 18.3. The van der Waals surface area contributed by atoms with Gasteiger partial charge in [-0.2, -0.15) is 0 Å². The molecule has 0 atom stereocenters. The molecular weight excluding hydrogens is 387 g/mol. The number of rotatable bonds is 3. The minimum atomic E-state index is 0. The Bertz CT molecular complexity index is 360. The zero-order valence-electron chi connectivity index (χ0n) is 14.1. The van der Waals surface area contributed by atoms with Crippen LogP contribution in [0.2, 0.25) is 0 Å². The fourth-order valence-corrected chi connectivity index (χ4v) is 4.49. The molecule has 1 saturated carbocycles. The summed E-state index contributed by atoms with van der Waals surface area (Å²) in [5.74, 6) is 1.14. The van der Waals surface area contributed by atoms with Crippen LogP contribution >= 0.6 is 24.0 Å². The van der Waals surface area contributed by atoms with Crippen molar-refractivity contribution in [3.8, 4) is 0 Å². The van der Waals surface area contributed by atoms with Crippen molar-refractivity contribution in [2.75, 3.05) is 46.3 Å². The average molecular weight is 420 g/mol. The Morgan fingerprint density at radius 1 is 1.00 bits per heavy atom. The van der Waals surface area contributed by atoms with Gasteiger partial charge in [0.15, 0.2) is 5.96 Å². The van der Waals surface area contributed by atoms with Crippen LogP contribution in [0.5, 0.6) is 0 Å². The van der Waals surface area contributed by atoms with Crippen LogP contribution in [0.15, 0.2) is 4.99 Å². The summed E-state index contributed by atoms with van der Waals surface area (Å²) in [6.45, 7) is 7.20. The van der Waals surface area contributed by atoms with Crippen LogP contribution in [0.3, 0.4) is 0 Å². The molecule has 2 heterocycles. The van der Waals surface area contributed by atoms with E-state index in [1.165, 1.54) is 77.5 Å². The number of guanidine groups is 1. The summed E-state index contributed by atoms with van der Waals surface area (Å²) >= 11 is 0. The molecule has 3 fully saturated rings. The van der Waals surface area contributed by atoms with E-state index in [1.54, 1.807) is 0 Å². The lowest BCUT2D eigenvalue weighted by atomic mass is 9.73. The first-order valence-corrected chi connectivity index (χ1v) is 8.99. The van der Waals surface area contributed by atoms with Gasteiger partial charge < -0.3 is 15.1 Å². The zero-order valence-corrected chi connectivity index (χ0v) is 16.5. The van der Waals surface area contributed by atoms with Crippen molar-refractivity contribution in [3.63, 3.8) is 0 Å². The largest absolute Gasteiger partial charge is 0.355 e. The Kier molecular flexibility index (Phi) is 7.25. The normalized spacial score (nSPS) is 25.5. The highest BCUT2D eigenvalue weighted by Gasteiger charge is 2.39. The van der Waals surface area contributed by atoms with Gasteiger partial charge in [0.25, 0.3) is 0 Å². The third kappa shape index (κ3) is 4.49. The SMILES string of the molecule is CN=C(NCCN1CCCC1)N1CCC2(CCCCC2)C1.I. The maximum Gasteiger partial charge on any atom is 0.193 e. The van der Waals surface area contributed by atoms with Crippen molar-refractivity contribution in [3.05, 3.63) is 0 Å². The van der Waals surface area contributed by atoms with Gasteiger partial charge in [-0.3, -0.25) is 4.99 Å². The summed E-state index contributed by atoms with van der Waals surface area (Å²) in [7, 11) is 1.93. The van der Waals surface area contributed by atoms with Crippen LogP contribution in [0.1, 0.15) is 51.4 Å². The van der Waals surface area contributed by atoms with Gasteiger partial charge in [-0.1, -0.05) is 19.3 Å². The van der Waals surface area contributed by atoms with E-state index in [0.717, 1.165) is 19.0 Å². The quantitative estimate of drug-likeness (QED) is 0.433. The summed E-state index contributed by atoms with van der Waals surface area (Å²) in [5.41, 5.74) is 0.616. The molecule has 0 bridgehead atoms. The molecular formula is C17H33IN4. The standard InChI is InChI=1S/C17H32N4.HI/c1-18-16(19-10-14-20-11-5-6-12-20)21-13-9-17(15-21)7-3-2-4-8-17;/h2-15H2,1H3,(H,18,19);1H. The van der Waals surface area contributed by atoms with E-state index in [9.17, 15) is 0 Å². The average Bonchev–Trinajstić information content (AvgIpc) is 3.15. The predicted molar refractivity (Wildman–Crippen MR) is 104 cm³/mol. The molecule has 2 saturated heterocycles. The van der Waals surface area contributed by atoms with Crippen LogP contribution in [-0.4, -0.2) is 62.1 Å². The monoisotopic (exact) mass is 420 g/mol. The number of nitrogens with one attached hydrogen (secondary N) is 1. The lowest BCUT2D eigenvalue weighted by Crippen LogP contribution is -2.44. The van der Waals surface area contributed by atoms with E-state index in [0.29, 0.717) is 5.41 Å². The van der Waals surface area contributed by atoms with Gasteiger partial charge in [0.2, 0.25) is 0 Å². The Balaban J connectivity index is 0.00000176. The van der Waals surface area contributed by atoms with Gasteiger partial charge in [-0.05, 0) is 50.6 Å². The molecule has 4 nitrogen and oxygen atoms in total. The predicted octanol–water partition coefficient (Wildman–Crippen LogP) is 2.93. The second-order valence-corrected chi connectivity index (χ2v) is 7.25. The highest BCUT2D eigenvalue weighted by molar-refractivity contribution is 14.0. The number of nitrogens with zero attached hydrogens (tertiary/aromatic N) is 3. The second kappa shape index (κ2) is 8.71. The van der Waals surface area contributed by atoms with Crippen molar-refractivity contribution in [2.24, 2.45) is 10.4 Å². The third-order valence-corrected chi connectivity index (χ3v) is 5.77. The molecule has 128 valence electrons. The minimum Gasteiger partial charge on any atom is -0.355 e. The molecule has 0 amide bonds. The molecule has 0 aromatic rings. The van der Waals surface area contributed by atoms with E-state index in [2.05, 4.69) is 20.1 Å². The second-order valence-electron chi connectivity index (χ2n) is 7.25. The number of hydrogen-bond donors (Lipinski definition) is 1. The van der Waals surface area contributed by atoms with Gasteiger partial charge in [-0.25, -0.2) is 0 Å². The van der Waals surface area contributed by atoms with Gasteiger partial charge in [0.05, 0.1) is 0 Å². The van der Waals surface area contributed by atoms with Crippen LogP contribution in [-0.2, 0) is 0 Å². The number of halogens is 1. The third-order valence-electron chi connectivity index (χ3n) is 5.77. The molecule has 3 aliphatic rings. The van der Waals surface area contributed by atoms with Gasteiger partial charge >= 0.3 is 0 Å². The van der Waals surface area contributed by atoms with Crippen molar-refractivity contribution in [2.45, 2.75) is 51.4 Å². The van der Waals surface area contributed by atoms with Crippen LogP contribution in [0.25, 0.3) is 0 Å². The lowest BCUT2D eigenvalue weighted by molar-refractivity contribution is 0.203. The first-order chi connectivity index (χ1) is 10.3. The molecule has 1 N–H and O–H groups in total. The summed E-state index contributed by atoms with van der Waals surface area (Å²) in [6.07, 6.45) is 11.3. The van der Waals surface area contributed by atoms with Crippen molar-refractivity contribution in [1.82, 2.24) is 15.1 Å². The molecule has 1 spiro atoms. The fourth-order valence-electron chi connectivity index (χ4n) is 4.49. The first-order valence-electron chi connectivity index (χ1n) is 8.99. The Morgan fingerprint density at radius 2 is 1.73 bits per heavy atom. The maximum atomic E-state index is 4.53. The summed E-state index contributed by atoms with van der Waals surface area (Å²) < 4.78 is 0. The van der Waals surface area contributed by atoms with Gasteiger partial charge in [0.1, 0.15) is 0 Å². The van der Waals surface area contributed by atoms with Crippen LogP contribution < -0.4 is 5.32 Å². The van der Waals surface area contributed by atoms with Gasteiger partial charge in [-0.15, -0.1) is 24.0 Å². The number of likely N-dealkylation sites (tertiary alicyclic amines) is 2. The molecule has 2 aliphatic heterocycles. The Morgan fingerprint density at radius 3 is 2.41 bits per heavy atom. The van der Waals surface area contributed by atoms with Crippen molar-refractivity contribution in [1.29, 1.82) is 0 Å². The molecule has 22 heavy (non-hydrogen) atoms. The topological polar surface area (TPSA) is 30.9 Å². The summed E-state index contributed by atoms with van der Waals surface area (Å²) in [4.78, 5) is 9.60. The van der Waals surface area contributed by atoms with E-state index < -0.39 is 0 Å². The Labute approximate surface area is 153 Å². The number of aliphatic imine (C=N–C) groups is 1. The smallest absolute Gasteiger partial charge is 0.193 e. The highest BCUT2D eigenvalue weighted by Crippen LogP contribution is 2.43. The molecule has 1 aliphatic carbocycles. The molecule has 3 rings (SSSR count).